The van der Waals surface area contributed by atoms with Crippen molar-refractivity contribution in [1.82, 2.24) is 8.97 Å². The maximum Gasteiger partial charge on any atom is 0.154 e. The topological polar surface area (TPSA) is 57.9 Å². The molecule has 0 atom stereocenters. The van der Waals surface area contributed by atoms with Crippen LogP contribution in [0, 0.1) is 12.3 Å². The molecule has 0 aliphatic rings. The molecule has 0 fully saturated rings. The second-order valence-corrected chi connectivity index (χ2v) is 14.8. The predicted octanol–water partition coefficient (Wildman–Crippen LogP) is 14.1. The first-order valence-corrected chi connectivity index (χ1v) is 20.1. The van der Waals surface area contributed by atoms with Crippen molar-refractivity contribution in [2.24, 2.45) is 9.98 Å². The molecular formula is C55H43N5. The van der Waals surface area contributed by atoms with Crippen LogP contribution in [0.15, 0.2) is 210 Å². The molecule has 3 heterocycles. The van der Waals surface area contributed by atoms with E-state index in [1.165, 1.54) is 71.0 Å². The molecule has 0 spiro atoms. The van der Waals surface area contributed by atoms with Crippen LogP contribution in [-0.2, 0) is 6.54 Å². The van der Waals surface area contributed by atoms with Crippen molar-refractivity contribution < 1.29 is 0 Å². The van der Waals surface area contributed by atoms with Crippen LogP contribution < -0.4 is 0 Å². The lowest BCUT2D eigenvalue weighted by molar-refractivity contribution is 1.06. The van der Waals surface area contributed by atoms with Gasteiger partial charge in [0, 0.05) is 38.2 Å². The minimum atomic E-state index is 0.542. The smallest absolute Gasteiger partial charge is 0.154 e. The molecule has 0 aliphatic heterocycles. The minimum absolute atomic E-state index is 0.542. The summed E-state index contributed by atoms with van der Waals surface area (Å²) in [5, 5.41) is 13.0. The molecule has 0 unspecified atom stereocenters. The fourth-order valence-electron chi connectivity index (χ4n) is 8.39. The van der Waals surface area contributed by atoms with Gasteiger partial charge in [-0.1, -0.05) is 163 Å². The number of aromatic nitrogens is 2. The zero-order valence-corrected chi connectivity index (χ0v) is 33.5. The van der Waals surface area contributed by atoms with Gasteiger partial charge in [0.05, 0.1) is 34.1 Å². The van der Waals surface area contributed by atoms with Gasteiger partial charge in [0.25, 0.3) is 0 Å². The highest BCUT2D eigenvalue weighted by Crippen LogP contribution is 2.39. The van der Waals surface area contributed by atoms with Crippen LogP contribution in [0.25, 0.3) is 76.7 Å². The fraction of sp³-hybridized carbons (Fsp3) is 0.0364. The molecule has 0 saturated carbocycles. The molecule has 0 aliphatic carbocycles. The summed E-state index contributed by atoms with van der Waals surface area (Å²) in [4.78, 5) is 8.90. The van der Waals surface area contributed by atoms with Gasteiger partial charge in [-0.2, -0.15) is 0 Å². The van der Waals surface area contributed by atoms with E-state index in [0.717, 1.165) is 22.4 Å². The van der Waals surface area contributed by atoms with E-state index in [9.17, 15) is 0 Å². The van der Waals surface area contributed by atoms with Crippen molar-refractivity contribution in [2.45, 2.75) is 13.5 Å². The zero-order valence-electron chi connectivity index (χ0n) is 33.5. The second kappa shape index (κ2) is 16.5. The summed E-state index contributed by atoms with van der Waals surface area (Å²) in [5.41, 5.74) is 13.0. The van der Waals surface area contributed by atoms with Gasteiger partial charge in [-0.05, 0) is 84.9 Å². The van der Waals surface area contributed by atoms with Crippen molar-refractivity contribution in [3.05, 3.63) is 217 Å². The van der Waals surface area contributed by atoms with Gasteiger partial charge in [0.1, 0.15) is 0 Å². The van der Waals surface area contributed by atoms with Gasteiger partial charge >= 0.3 is 0 Å². The first-order chi connectivity index (χ1) is 29.6. The van der Waals surface area contributed by atoms with E-state index in [2.05, 4.69) is 186 Å². The SMILES string of the molecule is C=N.C=NC(=NCc1ccc(-c2cccc(-n3c4ccccc4c4cc5c(cc43)cc3c4ccccc4c4ccccc4n53)c2)cc1)c1ccccc1.Cc1ccccc1. The van der Waals surface area contributed by atoms with Crippen molar-refractivity contribution in [3.63, 3.8) is 0 Å². The molecule has 1 N–H and O–H groups in total. The molecule has 0 amide bonds. The summed E-state index contributed by atoms with van der Waals surface area (Å²) < 4.78 is 4.87. The van der Waals surface area contributed by atoms with Gasteiger partial charge in [0.15, 0.2) is 5.84 Å². The molecule has 8 aromatic carbocycles. The van der Waals surface area contributed by atoms with Crippen molar-refractivity contribution in [2.75, 3.05) is 0 Å². The molecule has 288 valence electrons. The lowest BCUT2D eigenvalue weighted by Crippen LogP contribution is -1.97. The van der Waals surface area contributed by atoms with Crippen molar-refractivity contribution in [3.8, 4) is 16.8 Å². The maximum absolute atomic E-state index is 5.50. The van der Waals surface area contributed by atoms with Crippen LogP contribution in [0.2, 0.25) is 0 Å². The normalized spacial score (nSPS) is 11.4. The summed E-state index contributed by atoms with van der Waals surface area (Å²) in [6.45, 7) is 8.86. The summed E-state index contributed by atoms with van der Waals surface area (Å²) in [6.07, 6.45) is 0. The first-order valence-electron chi connectivity index (χ1n) is 20.1. The van der Waals surface area contributed by atoms with Crippen molar-refractivity contribution >= 4 is 79.2 Å². The summed E-state index contributed by atoms with van der Waals surface area (Å²) in [7, 11) is 0. The van der Waals surface area contributed by atoms with Crippen LogP contribution in [-0.4, -0.2) is 28.2 Å². The number of aryl methyl sites for hydroxylation is 1. The van der Waals surface area contributed by atoms with Crippen LogP contribution in [0.3, 0.4) is 0 Å². The number of fused-ring (bicyclic) bond motifs is 11. The third-order valence-electron chi connectivity index (χ3n) is 11.2. The average molecular weight is 774 g/mol. The van der Waals surface area contributed by atoms with Gasteiger partial charge in [-0.15, -0.1) is 0 Å². The average Bonchev–Trinajstić information content (AvgIpc) is 3.86. The Morgan fingerprint density at radius 3 is 1.73 bits per heavy atom. The summed E-state index contributed by atoms with van der Waals surface area (Å²) in [6, 6.07) is 71.2. The second-order valence-electron chi connectivity index (χ2n) is 14.8. The van der Waals surface area contributed by atoms with Crippen LogP contribution in [0.5, 0.6) is 0 Å². The lowest BCUT2D eigenvalue weighted by Gasteiger charge is -2.11. The van der Waals surface area contributed by atoms with Crippen molar-refractivity contribution in [1.29, 1.82) is 5.41 Å². The molecule has 0 radical (unpaired) electrons. The number of nitrogens with one attached hydrogen (secondary N) is 1. The Labute approximate surface area is 349 Å². The molecule has 60 heavy (non-hydrogen) atoms. The van der Waals surface area contributed by atoms with E-state index in [-0.39, 0.29) is 0 Å². The van der Waals surface area contributed by atoms with Gasteiger partial charge in [-0.3, -0.25) is 4.99 Å². The van der Waals surface area contributed by atoms with E-state index in [1.807, 2.05) is 48.5 Å². The van der Waals surface area contributed by atoms with Crippen LogP contribution in [0.1, 0.15) is 16.7 Å². The third-order valence-corrected chi connectivity index (χ3v) is 11.2. The molecule has 0 saturated heterocycles. The Kier molecular flexibility index (Phi) is 10.4. The number of hydrogen-bond donors (Lipinski definition) is 1. The summed E-state index contributed by atoms with van der Waals surface area (Å²) >= 11 is 0. The Bertz CT molecular complexity index is 3340. The van der Waals surface area contributed by atoms with E-state index in [4.69, 9.17) is 10.4 Å². The van der Waals surface area contributed by atoms with E-state index in [1.54, 1.807) is 0 Å². The molecule has 5 nitrogen and oxygen atoms in total. The largest absolute Gasteiger partial charge is 0.317 e. The number of pyridine rings is 1. The quantitative estimate of drug-likeness (QED) is 0.103. The first kappa shape index (κ1) is 37.7. The number of aliphatic imine (C=N–C) groups is 2. The zero-order chi connectivity index (χ0) is 41.0. The fourth-order valence-corrected chi connectivity index (χ4v) is 8.39. The molecule has 11 aromatic rings. The standard InChI is InChI=1S/C47H32N4.C7H8.CH3N/c1-48-47(33-12-3-2-4-13-33)49-30-31-22-24-32(25-23-31)34-14-11-15-36(26-34)50-42-20-9-8-19-40(42)41-29-44-35(28-46(41)50)27-45-39-18-6-5-16-37(39)38-17-7-10-21-43(38)51(44)45;1-7-5-3-2-4-6-7;1-2/h2-29H,1,30H2;2-6H,1H3;2H,1H2. The van der Waals surface area contributed by atoms with E-state index >= 15 is 0 Å². The van der Waals surface area contributed by atoms with Gasteiger partial charge in [0.2, 0.25) is 0 Å². The number of rotatable bonds is 5. The van der Waals surface area contributed by atoms with Gasteiger partial charge < -0.3 is 14.4 Å². The molecule has 11 rings (SSSR count). The Balaban J connectivity index is 0.000000463. The highest BCUT2D eigenvalue weighted by Gasteiger charge is 2.17. The molecule has 0 bridgehead atoms. The van der Waals surface area contributed by atoms with Gasteiger partial charge in [-0.25, -0.2) is 4.99 Å². The highest BCUT2D eigenvalue weighted by atomic mass is 15.0. The molecule has 5 heteroatoms. The lowest BCUT2D eigenvalue weighted by atomic mass is 10.0. The molecule has 3 aromatic heterocycles. The van der Waals surface area contributed by atoms with Crippen LogP contribution >= 0.6 is 0 Å². The van der Waals surface area contributed by atoms with E-state index in [0.29, 0.717) is 12.4 Å². The predicted molar refractivity (Wildman–Crippen MR) is 257 cm³/mol. The maximum atomic E-state index is 5.50. The number of nitrogens with zero attached hydrogens (tertiary/aromatic N) is 4. The Morgan fingerprint density at radius 2 is 1.07 bits per heavy atom. The number of benzene rings is 8. The van der Waals surface area contributed by atoms with Crippen LogP contribution in [0.4, 0.5) is 0 Å². The molecular weight excluding hydrogens is 731 g/mol. The third kappa shape index (κ3) is 6.92. The number of hydrogen-bond acceptors (Lipinski definition) is 2. The highest BCUT2D eigenvalue weighted by molar-refractivity contribution is 6.19. The number of para-hydroxylation sites is 2. The monoisotopic (exact) mass is 773 g/mol. The Morgan fingerprint density at radius 1 is 0.483 bits per heavy atom. The Hall–Kier alpha value is -7.89. The minimum Gasteiger partial charge on any atom is -0.317 e. The summed E-state index contributed by atoms with van der Waals surface area (Å²) in [5.74, 6) is 0.658. The van der Waals surface area contributed by atoms with E-state index < -0.39 is 0 Å². The number of amidine groups is 1.